The van der Waals surface area contributed by atoms with Gasteiger partial charge in [-0.2, -0.15) is 0 Å². The quantitative estimate of drug-likeness (QED) is 0.753. The topological polar surface area (TPSA) is 38.8 Å². The van der Waals surface area contributed by atoms with Gasteiger partial charge in [-0.05, 0) is 19.9 Å². The van der Waals surface area contributed by atoms with Crippen LogP contribution in [-0.2, 0) is 9.63 Å². The molecule has 0 bridgehead atoms. The van der Waals surface area contributed by atoms with E-state index in [1.807, 2.05) is 43.3 Å². The molecule has 18 heavy (non-hydrogen) atoms. The molecule has 0 aromatic heterocycles. The summed E-state index contributed by atoms with van der Waals surface area (Å²) in [7, 11) is 3.00. The van der Waals surface area contributed by atoms with Gasteiger partial charge in [-0.3, -0.25) is 9.63 Å². The Kier molecular flexibility index (Phi) is 5.39. The normalized spacial score (nSPS) is 12.4. The first kappa shape index (κ1) is 14.3. The zero-order chi connectivity index (χ0) is 13.5. The molecule has 1 amide bonds. The molecule has 0 heterocycles. The monoisotopic (exact) mass is 249 g/mol. The number of benzene rings is 1. The van der Waals surface area contributed by atoms with E-state index in [1.54, 1.807) is 14.0 Å². The molecule has 1 aromatic rings. The van der Waals surface area contributed by atoms with Crippen LogP contribution in [0.2, 0.25) is 0 Å². The second-order valence-corrected chi connectivity index (χ2v) is 3.82. The van der Waals surface area contributed by atoms with Crippen molar-refractivity contribution >= 4 is 12.0 Å². The molecule has 1 aromatic carbocycles. The molecule has 0 spiro atoms. The van der Waals surface area contributed by atoms with Crippen LogP contribution >= 0.6 is 0 Å². The Labute approximate surface area is 108 Å². The SMILES string of the molecule is CC=Cc1ccccc1OC(C)C(=O)N(C)OC. The van der Waals surface area contributed by atoms with Crippen LogP contribution in [0.15, 0.2) is 30.3 Å². The first-order valence-electron chi connectivity index (χ1n) is 5.80. The fourth-order valence-corrected chi connectivity index (χ4v) is 1.49. The van der Waals surface area contributed by atoms with Gasteiger partial charge in [0.05, 0.1) is 7.11 Å². The van der Waals surface area contributed by atoms with Gasteiger partial charge in [-0.25, -0.2) is 5.06 Å². The fraction of sp³-hybridized carbons (Fsp3) is 0.357. The summed E-state index contributed by atoms with van der Waals surface area (Å²) in [6, 6.07) is 7.58. The van der Waals surface area contributed by atoms with Crippen LogP contribution < -0.4 is 4.74 Å². The molecule has 1 rings (SSSR count). The maximum Gasteiger partial charge on any atom is 0.286 e. The number of carbonyl (C=O) groups excluding carboxylic acids is 1. The minimum absolute atomic E-state index is 0.229. The van der Waals surface area contributed by atoms with Crippen molar-refractivity contribution in [3.63, 3.8) is 0 Å². The summed E-state index contributed by atoms with van der Waals surface area (Å²) in [4.78, 5) is 16.6. The number of likely N-dealkylation sites (N-methyl/N-ethyl adjacent to an activating group) is 1. The van der Waals surface area contributed by atoms with Crippen LogP contribution in [0.25, 0.3) is 6.08 Å². The van der Waals surface area contributed by atoms with Crippen molar-refractivity contribution in [1.82, 2.24) is 5.06 Å². The van der Waals surface area contributed by atoms with Gasteiger partial charge >= 0.3 is 0 Å². The number of ether oxygens (including phenoxy) is 1. The van der Waals surface area contributed by atoms with Crippen LogP contribution in [0.3, 0.4) is 0 Å². The van der Waals surface area contributed by atoms with Crippen LogP contribution in [-0.4, -0.2) is 31.2 Å². The Bertz CT molecular complexity index is 429. The average Bonchev–Trinajstić information content (AvgIpc) is 2.39. The highest BCUT2D eigenvalue weighted by Crippen LogP contribution is 2.21. The van der Waals surface area contributed by atoms with Crippen LogP contribution in [0.4, 0.5) is 0 Å². The van der Waals surface area contributed by atoms with E-state index in [0.29, 0.717) is 5.75 Å². The van der Waals surface area contributed by atoms with E-state index < -0.39 is 6.10 Å². The lowest BCUT2D eigenvalue weighted by molar-refractivity contribution is -0.175. The zero-order valence-electron chi connectivity index (χ0n) is 11.2. The second-order valence-electron chi connectivity index (χ2n) is 3.82. The number of allylic oxidation sites excluding steroid dienone is 1. The Hall–Kier alpha value is -1.81. The summed E-state index contributed by atoms with van der Waals surface area (Å²) in [5, 5.41) is 1.16. The number of para-hydroxylation sites is 1. The highest BCUT2D eigenvalue weighted by Gasteiger charge is 2.19. The summed E-state index contributed by atoms with van der Waals surface area (Å²) in [6.07, 6.45) is 3.27. The lowest BCUT2D eigenvalue weighted by Gasteiger charge is -2.20. The number of hydrogen-bond donors (Lipinski definition) is 0. The molecule has 98 valence electrons. The Morgan fingerprint density at radius 3 is 2.67 bits per heavy atom. The Morgan fingerprint density at radius 1 is 1.39 bits per heavy atom. The number of amides is 1. The third kappa shape index (κ3) is 3.60. The third-order valence-corrected chi connectivity index (χ3v) is 2.50. The minimum atomic E-state index is -0.596. The largest absolute Gasteiger partial charge is 0.480 e. The molecule has 1 unspecified atom stereocenters. The number of nitrogens with zero attached hydrogens (tertiary/aromatic N) is 1. The van der Waals surface area contributed by atoms with Gasteiger partial charge in [0.2, 0.25) is 0 Å². The molecular weight excluding hydrogens is 230 g/mol. The molecule has 0 fully saturated rings. The molecule has 1 atom stereocenters. The number of hydrogen-bond acceptors (Lipinski definition) is 3. The molecule has 0 saturated heterocycles. The van der Waals surface area contributed by atoms with Crippen LogP contribution in [0, 0.1) is 0 Å². The van der Waals surface area contributed by atoms with E-state index in [9.17, 15) is 4.79 Å². The Balaban J connectivity index is 2.81. The van der Waals surface area contributed by atoms with E-state index in [0.717, 1.165) is 10.6 Å². The number of hydroxylamine groups is 2. The molecule has 0 aliphatic carbocycles. The van der Waals surface area contributed by atoms with Gasteiger partial charge in [0, 0.05) is 12.6 Å². The lowest BCUT2D eigenvalue weighted by Crippen LogP contribution is -2.37. The highest BCUT2D eigenvalue weighted by atomic mass is 16.7. The molecular formula is C14H19NO3. The van der Waals surface area contributed by atoms with Crippen molar-refractivity contribution in [1.29, 1.82) is 0 Å². The molecule has 0 aliphatic rings. The van der Waals surface area contributed by atoms with E-state index >= 15 is 0 Å². The standard InChI is InChI=1S/C14H19NO3/c1-5-8-12-9-6-7-10-13(12)18-11(2)14(16)15(3)17-4/h5-11H,1-4H3. The van der Waals surface area contributed by atoms with Crippen LogP contribution in [0.5, 0.6) is 5.75 Å². The summed E-state index contributed by atoms with van der Waals surface area (Å²) in [6.45, 7) is 3.63. The zero-order valence-corrected chi connectivity index (χ0v) is 11.2. The maximum absolute atomic E-state index is 11.8. The summed E-state index contributed by atoms with van der Waals surface area (Å²) in [5.74, 6) is 0.453. The maximum atomic E-state index is 11.8. The minimum Gasteiger partial charge on any atom is -0.480 e. The van der Waals surface area contributed by atoms with E-state index in [2.05, 4.69) is 0 Å². The van der Waals surface area contributed by atoms with Crippen molar-refractivity contribution in [3.05, 3.63) is 35.9 Å². The summed E-state index contributed by atoms with van der Waals surface area (Å²) < 4.78 is 5.66. The fourth-order valence-electron chi connectivity index (χ4n) is 1.49. The lowest BCUT2D eigenvalue weighted by atomic mass is 10.2. The molecule has 0 saturated carbocycles. The van der Waals surface area contributed by atoms with Gasteiger partial charge in [0.15, 0.2) is 6.10 Å². The van der Waals surface area contributed by atoms with Crippen LogP contribution in [0.1, 0.15) is 19.4 Å². The number of rotatable bonds is 5. The van der Waals surface area contributed by atoms with Gasteiger partial charge in [0.25, 0.3) is 5.91 Å². The molecule has 0 radical (unpaired) electrons. The predicted molar refractivity (Wildman–Crippen MR) is 71.0 cm³/mol. The Morgan fingerprint density at radius 2 is 2.06 bits per heavy atom. The van der Waals surface area contributed by atoms with Gasteiger partial charge in [-0.15, -0.1) is 0 Å². The third-order valence-electron chi connectivity index (χ3n) is 2.50. The van der Waals surface area contributed by atoms with Gasteiger partial charge in [0.1, 0.15) is 5.75 Å². The van der Waals surface area contributed by atoms with E-state index in [4.69, 9.17) is 9.57 Å². The first-order valence-corrected chi connectivity index (χ1v) is 5.80. The molecule has 0 N–H and O–H groups in total. The average molecular weight is 249 g/mol. The molecule has 4 heteroatoms. The van der Waals surface area contributed by atoms with Gasteiger partial charge < -0.3 is 4.74 Å². The van der Waals surface area contributed by atoms with Gasteiger partial charge in [-0.1, -0.05) is 30.4 Å². The van der Waals surface area contributed by atoms with E-state index in [-0.39, 0.29) is 5.91 Å². The highest BCUT2D eigenvalue weighted by molar-refractivity contribution is 5.79. The van der Waals surface area contributed by atoms with Crippen molar-refractivity contribution in [2.24, 2.45) is 0 Å². The molecule has 4 nitrogen and oxygen atoms in total. The van der Waals surface area contributed by atoms with Crippen molar-refractivity contribution in [2.75, 3.05) is 14.2 Å². The molecule has 0 aliphatic heterocycles. The summed E-state index contributed by atoms with van der Waals surface area (Å²) >= 11 is 0. The van der Waals surface area contributed by atoms with Crippen molar-refractivity contribution in [2.45, 2.75) is 20.0 Å². The second kappa shape index (κ2) is 6.81. The smallest absolute Gasteiger partial charge is 0.286 e. The van der Waals surface area contributed by atoms with Crippen molar-refractivity contribution < 1.29 is 14.4 Å². The first-order chi connectivity index (χ1) is 8.60. The number of carbonyl (C=O) groups is 1. The summed E-state index contributed by atoms with van der Waals surface area (Å²) in [5.41, 5.74) is 0.944. The predicted octanol–water partition coefficient (Wildman–Crippen LogP) is 2.51. The van der Waals surface area contributed by atoms with Crippen molar-refractivity contribution in [3.8, 4) is 5.75 Å². The van der Waals surface area contributed by atoms with E-state index in [1.165, 1.54) is 7.11 Å².